The lowest BCUT2D eigenvalue weighted by Crippen LogP contribution is -2.44. The van der Waals surface area contributed by atoms with Crippen LogP contribution in [0.5, 0.6) is 5.75 Å². The van der Waals surface area contributed by atoms with Crippen LogP contribution in [0.4, 0.5) is 0 Å². The smallest absolute Gasteiger partial charge is 0.304 e. The van der Waals surface area contributed by atoms with Gasteiger partial charge < -0.3 is 14.6 Å². The maximum absolute atomic E-state index is 10.9. The monoisotopic (exact) mass is 312 g/mol. The molecule has 5 heteroatoms. The first-order valence-electron chi connectivity index (χ1n) is 6.94. The Morgan fingerprint density at radius 3 is 2.62 bits per heavy atom. The van der Waals surface area contributed by atoms with Gasteiger partial charge in [0.05, 0.1) is 31.3 Å². The second-order valence-corrected chi connectivity index (χ2v) is 7.10. The lowest BCUT2D eigenvalue weighted by Gasteiger charge is -2.37. The van der Waals surface area contributed by atoms with Gasteiger partial charge in [-0.25, -0.2) is 0 Å². The van der Waals surface area contributed by atoms with E-state index >= 15 is 0 Å². The van der Waals surface area contributed by atoms with Crippen LogP contribution in [-0.2, 0) is 14.9 Å². The molecule has 0 bridgehead atoms. The topological polar surface area (TPSA) is 55.8 Å². The summed E-state index contributed by atoms with van der Waals surface area (Å²) in [4.78, 5) is 10.9. The molecule has 1 N–H and O–H groups in total. The average molecular weight is 313 g/mol. The molecule has 4 nitrogen and oxygen atoms in total. The van der Waals surface area contributed by atoms with Gasteiger partial charge in [0.15, 0.2) is 0 Å². The molecule has 1 fully saturated rings. The number of hydrogen-bond donors (Lipinski definition) is 1. The molecule has 116 valence electrons. The lowest BCUT2D eigenvalue weighted by molar-refractivity contribution is -0.138. The molecule has 0 unspecified atom stereocenters. The van der Waals surface area contributed by atoms with Crippen LogP contribution in [0.2, 0.25) is 5.02 Å². The standard InChI is InChI=1S/C16H21ClO4/c1-15(2,7-14(18)19)11-4-5-13(12(17)6-11)21-10-16(3)8-20-9-16/h4-6H,7-10H2,1-3H3,(H,18,19). The predicted octanol–water partition coefficient (Wildman–Crippen LogP) is 3.51. The summed E-state index contributed by atoms with van der Waals surface area (Å²) in [6, 6.07) is 5.48. The second kappa shape index (κ2) is 5.85. The first-order chi connectivity index (χ1) is 9.72. The Morgan fingerprint density at radius 2 is 2.14 bits per heavy atom. The fraction of sp³-hybridized carbons (Fsp3) is 0.562. The second-order valence-electron chi connectivity index (χ2n) is 6.69. The molecule has 0 atom stereocenters. The molecule has 1 aliphatic rings. The van der Waals surface area contributed by atoms with Gasteiger partial charge in [-0.1, -0.05) is 38.4 Å². The Kier molecular flexibility index (Phi) is 4.49. The Balaban J connectivity index is 2.08. The number of benzene rings is 1. The number of hydrogen-bond acceptors (Lipinski definition) is 3. The number of aliphatic carboxylic acids is 1. The van der Waals surface area contributed by atoms with Crippen LogP contribution >= 0.6 is 11.6 Å². The summed E-state index contributed by atoms with van der Waals surface area (Å²) < 4.78 is 11.0. The molecule has 21 heavy (non-hydrogen) atoms. The van der Waals surface area contributed by atoms with Crippen molar-refractivity contribution in [1.82, 2.24) is 0 Å². The zero-order valence-corrected chi connectivity index (χ0v) is 13.4. The normalized spacial score (nSPS) is 17.1. The van der Waals surface area contributed by atoms with Gasteiger partial charge in [0, 0.05) is 10.8 Å². The minimum Gasteiger partial charge on any atom is -0.491 e. The quantitative estimate of drug-likeness (QED) is 0.873. The number of halogens is 1. The Morgan fingerprint density at radius 1 is 1.48 bits per heavy atom. The summed E-state index contributed by atoms with van der Waals surface area (Å²) in [5, 5.41) is 9.48. The lowest BCUT2D eigenvalue weighted by atomic mass is 9.81. The zero-order chi connectivity index (χ0) is 15.7. The highest BCUT2D eigenvalue weighted by atomic mass is 35.5. The summed E-state index contributed by atoms with van der Waals surface area (Å²) >= 11 is 6.26. The number of carboxylic acid groups (broad SMARTS) is 1. The van der Waals surface area contributed by atoms with E-state index in [9.17, 15) is 4.79 Å². The van der Waals surface area contributed by atoms with Crippen LogP contribution in [0.25, 0.3) is 0 Å². The van der Waals surface area contributed by atoms with E-state index in [0.717, 1.165) is 5.56 Å². The fourth-order valence-electron chi connectivity index (χ4n) is 2.30. The van der Waals surface area contributed by atoms with Crippen molar-refractivity contribution in [3.05, 3.63) is 28.8 Å². The van der Waals surface area contributed by atoms with E-state index in [4.69, 9.17) is 26.2 Å². The molecule has 1 heterocycles. The summed E-state index contributed by atoms with van der Waals surface area (Å²) in [6.07, 6.45) is 0.0545. The molecule has 0 aromatic heterocycles. The van der Waals surface area contributed by atoms with Crippen molar-refractivity contribution in [3.8, 4) is 5.75 Å². The van der Waals surface area contributed by atoms with Gasteiger partial charge in [-0.3, -0.25) is 4.79 Å². The van der Waals surface area contributed by atoms with Crippen molar-refractivity contribution in [2.45, 2.75) is 32.6 Å². The minimum absolute atomic E-state index is 0.0545. The molecule has 0 saturated carbocycles. The molecule has 1 saturated heterocycles. The summed E-state index contributed by atoms with van der Waals surface area (Å²) in [5.74, 6) is -0.200. The van der Waals surface area contributed by atoms with Crippen molar-refractivity contribution in [2.24, 2.45) is 5.41 Å². The third kappa shape index (κ3) is 3.89. The molecule has 1 aromatic carbocycles. The van der Waals surface area contributed by atoms with Gasteiger partial charge in [-0.15, -0.1) is 0 Å². The van der Waals surface area contributed by atoms with Gasteiger partial charge in [0.2, 0.25) is 0 Å². The van der Waals surface area contributed by atoms with Crippen molar-refractivity contribution in [2.75, 3.05) is 19.8 Å². The zero-order valence-electron chi connectivity index (χ0n) is 12.6. The van der Waals surface area contributed by atoms with Gasteiger partial charge in [-0.2, -0.15) is 0 Å². The number of rotatable bonds is 6. The van der Waals surface area contributed by atoms with Crippen molar-refractivity contribution in [3.63, 3.8) is 0 Å². The predicted molar refractivity (Wildman–Crippen MR) is 81.2 cm³/mol. The maximum atomic E-state index is 10.9. The van der Waals surface area contributed by atoms with E-state index in [0.29, 0.717) is 30.6 Å². The van der Waals surface area contributed by atoms with Crippen molar-refractivity contribution < 1.29 is 19.4 Å². The third-order valence-electron chi connectivity index (χ3n) is 3.78. The number of carbonyl (C=O) groups is 1. The molecule has 1 aromatic rings. The first-order valence-corrected chi connectivity index (χ1v) is 7.32. The molecule has 0 aliphatic carbocycles. The van der Waals surface area contributed by atoms with Crippen LogP contribution in [-0.4, -0.2) is 30.9 Å². The Labute approximate surface area is 130 Å². The molecule has 2 rings (SSSR count). The van der Waals surface area contributed by atoms with Crippen LogP contribution in [0.15, 0.2) is 18.2 Å². The van der Waals surface area contributed by atoms with E-state index in [1.807, 2.05) is 26.0 Å². The van der Waals surface area contributed by atoms with E-state index in [1.54, 1.807) is 6.07 Å². The first kappa shape index (κ1) is 16.1. The third-order valence-corrected chi connectivity index (χ3v) is 4.08. The van der Waals surface area contributed by atoms with Crippen molar-refractivity contribution >= 4 is 17.6 Å². The summed E-state index contributed by atoms with van der Waals surface area (Å²) in [7, 11) is 0. The number of carboxylic acids is 1. The van der Waals surface area contributed by atoms with Gasteiger partial charge in [0.1, 0.15) is 5.75 Å². The Bertz CT molecular complexity index is 535. The molecule has 0 spiro atoms. The van der Waals surface area contributed by atoms with Gasteiger partial charge >= 0.3 is 5.97 Å². The minimum atomic E-state index is -0.825. The largest absolute Gasteiger partial charge is 0.491 e. The van der Waals surface area contributed by atoms with Crippen LogP contribution in [0.1, 0.15) is 32.8 Å². The summed E-state index contributed by atoms with van der Waals surface area (Å²) in [5.41, 5.74) is 0.479. The van der Waals surface area contributed by atoms with Crippen LogP contribution in [0, 0.1) is 5.41 Å². The average Bonchev–Trinajstić information content (AvgIpc) is 2.33. The van der Waals surface area contributed by atoms with E-state index in [-0.39, 0.29) is 11.8 Å². The van der Waals surface area contributed by atoms with Gasteiger partial charge in [0.25, 0.3) is 0 Å². The van der Waals surface area contributed by atoms with E-state index in [1.165, 1.54) is 0 Å². The fourth-order valence-corrected chi connectivity index (χ4v) is 2.54. The number of ether oxygens (including phenoxy) is 2. The van der Waals surface area contributed by atoms with Crippen molar-refractivity contribution in [1.29, 1.82) is 0 Å². The molecular formula is C16H21ClO4. The highest BCUT2D eigenvalue weighted by Crippen LogP contribution is 2.35. The van der Waals surface area contributed by atoms with E-state index in [2.05, 4.69) is 6.92 Å². The highest BCUT2D eigenvalue weighted by Gasteiger charge is 2.34. The molecule has 0 amide bonds. The highest BCUT2D eigenvalue weighted by molar-refractivity contribution is 6.32. The maximum Gasteiger partial charge on any atom is 0.304 e. The SMILES string of the molecule is CC1(COc2ccc(C(C)(C)CC(=O)O)cc2Cl)COC1. The van der Waals surface area contributed by atoms with Crippen LogP contribution < -0.4 is 4.74 Å². The van der Waals surface area contributed by atoms with E-state index < -0.39 is 11.4 Å². The van der Waals surface area contributed by atoms with Gasteiger partial charge in [-0.05, 0) is 17.7 Å². The molecular weight excluding hydrogens is 292 g/mol. The van der Waals surface area contributed by atoms with Crippen LogP contribution in [0.3, 0.4) is 0 Å². The molecule has 0 radical (unpaired) electrons. The molecule has 1 aliphatic heterocycles. The summed E-state index contributed by atoms with van der Waals surface area (Å²) in [6.45, 7) is 7.85. The Hall–Kier alpha value is -1.26.